The van der Waals surface area contributed by atoms with Gasteiger partial charge in [-0.1, -0.05) is 45.4 Å². The molecule has 4 unspecified atom stereocenters. The van der Waals surface area contributed by atoms with E-state index in [0.29, 0.717) is 6.42 Å². The van der Waals surface area contributed by atoms with Crippen molar-refractivity contribution in [1.29, 1.82) is 0 Å². The summed E-state index contributed by atoms with van der Waals surface area (Å²) < 4.78 is 14.9. The van der Waals surface area contributed by atoms with Crippen LogP contribution < -0.4 is 0 Å². The van der Waals surface area contributed by atoms with Gasteiger partial charge in [0.15, 0.2) is 0 Å². The average Bonchev–Trinajstić information content (AvgIpc) is 2.78. The average molecular weight is 487 g/mol. The first-order valence-electron chi connectivity index (χ1n) is 11.7. The number of hydrogen-bond donors (Lipinski definition) is 7. The van der Waals surface area contributed by atoms with Crippen LogP contribution in [-0.4, -0.2) is 119 Å². The Bertz CT molecular complexity index is 390. The lowest BCUT2D eigenvalue weighted by Gasteiger charge is -2.16. The minimum atomic E-state index is -0.980. The molecule has 0 rings (SSSR count). The maximum absolute atomic E-state index is 10.1. The number of carboxylic acids is 1. The zero-order valence-corrected chi connectivity index (χ0v) is 19.9. The number of unbranched alkanes of at least 4 members (excludes halogenated alkanes) is 6. The second-order valence-corrected chi connectivity index (χ2v) is 7.86. The minimum Gasteiger partial charge on any atom is -0.481 e. The molecule has 0 aromatic carbocycles. The van der Waals surface area contributed by atoms with Crippen LogP contribution in [0.2, 0.25) is 0 Å². The van der Waals surface area contributed by atoms with Crippen LogP contribution in [0.4, 0.5) is 0 Å². The predicted molar refractivity (Wildman–Crippen MR) is 121 cm³/mol. The van der Waals surface area contributed by atoms with Crippen molar-refractivity contribution in [2.45, 2.75) is 82.7 Å². The topological polar surface area (TPSA) is 186 Å². The van der Waals surface area contributed by atoms with Gasteiger partial charge in [0.05, 0.1) is 52.9 Å². The van der Waals surface area contributed by atoms with Gasteiger partial charge in [0.1, 0.15) is 24.4 Å². The lowest BCUT2D eigenvalue weighted by molar-refractivity contribution is -0.137. The van der Waals surface area contributed by atoms with Crippen LogP contribution in [0.5, 0.6) is 0 Å². The molecule has 4 atom stereocenters. The smallest absolute Gasteiger partial charge is 0.303 e. The van der Waals surface area contributed by atoms with Crippen molar-refractivity contribution in [3.05, 3.63) is 0 Å². The third-order valence-electron chi connectivity index (χ3n) is 4.28. The fourth-order valence-electron chi connectivity index (χ4n) is 2.46. The molecule has 0 aliphatic carbocycles. The van der Waals surface area contributed by atoms with Crippen molar-refractivity contribution < 1.29 is 54.8 Å². The SMILES string of the molecule is CCCCCCCCCC(=O)O.OCC(O)COCC(O)COCC(O)COCC(O)CO. The highest BCUT2D eigenvalue weighted by Gasteiger charge is 2.11. The molecule has 7 N–H and O–H groups in total. The Hall–Kier alpha value is -0.890. The van der Waals surface area contributed by atoms with E-state index >= 15 is 0 Å². The molecule has 0 heterocycles. The van der Waals surface area contributed by atoms with E-state index in [1.54, 1.807) is 0 Å². The first-order chi connectivity index (χ1) is 15.8. The minimum absolute atomic E-state index is 0.0631. The van der Waals surface area contributed by atoms with Gasteiger partial charge in [-0.05, 0) is 6.42 Å². The molecule has 33 heavy (non-hydrogen) atoms. The molecule has 0 aromatic rings. The summed E-state index contributed by atoms with van der Waals surface area (Å²) in [6, 6.07) is 0. The van der Waals surface area contributed by atoms with Crippen LogP contribution in [0.1, 0.15) is 58.3 Å². The Morgan fingerprint density at radius 2 is 0.939 bits per heavy atom. The van der Waals surface area contributed by atoms with Gasteiger partial charge in [0.25, 0.3) is 0 Å². The third kappa shape index (κ3) is 29.1. The first-order valence-corrected chi connectivity index (χ1v) is 11.7. The van der Waals surface area contributed by atoms with Gasteiger partial charge in [-0.3, -0.25) is 4.79 Å². The highest BCUT2D eigenvalue weighted by atomic mass is 16.5. The molecule has 0 saturated heterocycles. The summed E-state index contributed by atoms with van der Waals surface area (Å²) in [4.78, 5) is 10.1. The van der Waals surface area contributed by atoms with Crippen molar-refractivity contribution in [1.82, 2.24) is 0 Å². The van der Waals surface area contributed by atoms with E-state index in [9.17, 15) is 15.0 Å². The molecule has 0 amide bonds. The monoisotopic (exact) mass is 486 g/mol. The Morgan fingerprint density at radius 3 is 1.27 bits per heavy atom. The molecular weight excluding hydrogens is 440 g/mol. The summed E-state index contributed by atoms with van der Waals surface area (Å²) in [6.45, 7) is 0.947. The van der Waals surface area contributed by atoms with Gasteiger partial charge >= 0.3 is 5.97 Å². The van der Waals surface area contributed by atoms with Crippen molar-refractivity contribution in [3.8, 4) is 0 Å². The van der Waals surface area contributed by atoms with E-state index in [2.05, 4.69) is 6.92 Å². The van der Waals surface area contributed by atoms with Crippen LogP contribution in [-0.2, 0) is 19.0 Å². The van der Waals surface area contributed by atoms with Gasteiger partial charge in [-0.2, -0.15) is 0 Å². The van der Waals surface area contributed by atoms with Gasteiger partial charge in [-0.15, -0.1) is 0 Å². The molecule has 0 aromatic heterocycles. The largest absolute Gasteiger partial charge is 0.481 e. The molecule has 0 spiro atoms. The molecule has 0 aliphatic rings. The van der Waals surface area contributed by atoms with E-state index in [1.807, 2.05) is 0 Å². The molecule has 0 saturated carbocycles. The van der Waals surface area contributed by atoms with Gasteiger partial charge in [-0.25, -0.2) is 0 Å². The van der Waals surface area contributed by atoms with Crippen LogP contribution in [0, 0.1) is 0 Å². The van der Waals surface area contributed by atoms with Gasteiger partial charge in [0, 0.05) is 6.42 Å². The molecule has 0 bridgehead atoms. The predicted octanol–water partition coefficient (Wildman–Crippen LogP) is -0.324. The number of aliphatic hydroxyl groups is 6. The number of ether oxygens (including phenoxy) is 3. The molecule has 200 valence electrons. The number of aliphatic hydroxyl groups excluding tert-OH is 6. The highest BCUT2D eigenvalue weighted by molar-refractivity contribution is 5.66. The van der Waals surface area contributed by atoms with Crippen LogP contribution in [0.15, 0.2) is 0 Å². The Morgan fingerprint density at radius 1 is 0.606 bits per heavy atom. The quantitative estimate of drug-likeness (QED) is 0.0994. The number of aliphatic carboxylic acids is 1. The molecule has 0 aliphatic heterocycles. The molecule has 0 radical (unpaired) electrons. The summed E-state index contributed by atoms with van der Waals surface area (Å²) >= 11 is 0. The van der Waals surface area contributed by atoms with E-state index in [1.165, 1.54) is 32.1 Å². The normalized spacial score (nSPS) is 14.8. The second-order valence-electron chi connectivity index (χ2n) is 7.86. The number of hydrogen-bond acceptors (Lipinski definition) is 10. The second kappa shape index (κ2) is 25.7. The van der Waals surface area contributed by atoms with E-state index in [-0.39, 0.29) is 39.6 Å². The Labute approximate surface area is 196 Å². The number of rotatable bonds is 22. The van der Waals surface area contributed by atoms with Crippen LogP contribution in [0.3, 0.4) is 0 Å². The van der Waals surface area contributed by atoms with E-state index < -0.39 is 43.6 Å². The van der Waals surface area contributed by atoms with Crippen molar-refractivity contribution >= 4 is 5.97 Å². The summed E-state index contributed by atoms with van der Waals surface area (Å²) in [7, 11) is 0. The fourth-order valence-corrected chi connectivity index (χ4v) is 2.46. The maximum Gasteiger partial charge on any atom is 0.303 e. The fraction of sp³-hybridized carbons (Fsp3) is 0.955. The molecule has 11 heteroatoms. The molecular formula is C22H46O11. The number of carbonyl (C=O) groups is 1. The third-order valence-corrected chi connectivity index (χ3v) is 4.28. The number of carboxylic acid groups (broad SMARTS) is 1. The van der Waals surface area contributed by atoms with E-state index in [4.69, 9.17) is 39.7 Å². The highest BCUT2D eigenvalue weighted by Crippen LogP contribution is 2.08. The zero-order chi connectivity index (χ0) is 25.3. The Kier molecular flexibility index (Phi) is 26.7. The van der Waals surface area contributed by atoms with Gasteiger partial charge in [0.2, 0.25) is 0 Å². The zero-order valence-electron chi connectivity index (χ0n) is 19.9. The van der Waals surface area contributed by atoms with E-state index in [0.717, 1.165) is 12.8 Å². The van der Waals surface area contributed by atoms with Crippen molar-refractivity contribution in [2.24, 2.45) is 0 Å². The Balaban J connectivity index is 0. The lowest BCUT2D eigenvalue weighted by Crippen LogP contribution is -2.30. The van der Waals surface area contributed by atoms with Crippen molar-refractivity contribution in [2.75, 3.05) is 52.9 Å². The molecule has 0 fully saturated rings. The summed E-state index contributed by atoms with van der Waals surface area (Å²) in [6.07, 6.45) is 4.85. The van der Waals surface area contributed by atoms with Crippen LogP contribution >= 0.6 is 0 Å². The van der Waals surface area contributed by atoms with Crippen molar-refractivity contribution in [3.63, 3.8) is 0 Å². The summed E-state index contributed by atoms with van der Waals surface area (Å²) in [5.74, 6) is -0.663. The maximum atomic E-state index is 10.1. The standard InChI is InChI=1S/C12H26O9.C10H20O2/c13-1-9(15)3-19-5-11(17)7-21-8-12(18)6-20-4-10(16)2-14;1-2-3-4-5-6-7-8-9-10(11)12/h9-18H,1-8H2;2-9H2,1H3,(H,11,12). The van der Waals surface area contributed by atoms with Gasteiger partial charge < -0.3 is 50.0 Å². The molecule has 11 nitrogen and oxygen atoms in total. The summed E-state index contributed by atoms with van der Waals surface area (Å²) in [5.41, 5.74) is 0. The lowest BCUT2D eigenvalue weighted by atomic mass is 10.1. The first kappa shape index (κ1) is 34.3. The van der Waals surface area contributed by atoms with Crippen LogP contribution in [0.25, 0.3) is 0 Å². The summed E-state index contributed by atoms with van der Waals surface area (Å²) in [5, 5.41) is 62.3.